The largest absolute Gasteiger partial charge is 0.490 e. The second-order valence-electron chi connectivity index (χ2n) is 4.82. The Hall–Kier alpha value is -3.69. The van der Waals surface area contributed by atoms with Gasteiger partial charge in [0.1, 0.15) is 0 Å². The zero-order valence-electron chi connectivity index (χ0n) is 13.8. The number of nitrogens with zero attached hydrogens (tertiary/aromatic N) is 3. The van der Waals surface area contributed by atoms with E-state index in [4.69, 9.17) is 14.6 Å². The van der Waals surface area contributed by atoms with Gasteiger partial charge in [-0.05, 0) is 36.8 Å². The predicted molar refractivity (Wildman–Crippen MR) is 92.8 cm³/mol. The summed E-state index contributed by atoms with van der Waals surface area (Å²) in [4.78, 5) is 24.8. The molecule has 0 saturated heterocycles. The van der Waals surface area contributed by atoms with Gasteiger partial charge in [0.2, 0.25) is 5.82 Å². The Kier molecular flexibility index (Phi) is 6.43. The normalized spacial score (nSPS) is 10.5. The van der Waals surface area contributed by atoms with Crippen LogP contribution in [0.5, 0.6) is 11.5 Å². The molecule has 10 heteroatoms. The summed E-state index contributed by atoms with van der Waals surface area (Å²) in [6.07, 6.45) is 2.83. The number of pyridine rings is 1. The third kappa shape index (κ3) is 5.16. The molecule has 0 aliphatic rings. The minimum absolute atomic E-state index is 0.0141. The molecule has 10 nitrogen and oxygen atoms in total. The van der Waals surface area contributed by atoms with E-state index in [1.807, 2.05) is 0 Å². The Bertz CT molecular complexity index is 824. The van der Waals surface area contributed by atoms with Gasteiger partial charge in [0.05, 0.1) is 17.7 Å². The van der Waals surface area contributed by atoms with Crippen molar-refractivity contribution in [2.45, 2.75) is 6.92 Å². The maximum Gasteiger partial charge on any atom is 0.341 e. The van der Waals surface area contributed by atoms with Crippen LogP contribution in [0.15, 0.2) is 41.6 Å². The maximum absolute atomic E-state index is 10.9. The van der Waals surface area contributed by atoms with E-state index in [0.717, 1.165) is 0 Å². The summed E-state index contributed by atoms with van der Waals surface area (Å²) in [5, 5.41) is 23.5. The van der Waals surface area contributed by atoms with Crippen molar-refractivity contribution in [1.82, 2.24) is 4.98 Å². The number of aliphatic carboxylic acids is 1. The van der Waals surface area contributed by atoms with Crippen LogP contribution in [-0.2, 0) is 4.79 Å². The number of nitro groups is 1. The number of aromatic nitrogens is 1. The highest BCUT2D eigenvalue weighted by Gasteiger charge is 2.13. The summed E-state index contributed by atoms with van der Waals surface area (Å²) in [5.41, 5.74) is 2.93. The van der Waals surface area contributed by atoms with Crippen LogP contribution in [0.3, 0.4) is 0 Å². The van der Waals surface area contributed by atoms with Crippen molar-refractivity contribution < 1.29 is 24.3 Å². The van der Waals surface area contributed by atoms with Gasteiger partial charge in [-0.15, -0.1) is 0 Å². The van der Waals surface area contributed by atoms with Crippen LogP contribution in [0.1, 0.15) is 12.5 Å². The highest BCUT2D eigenvalue weighted by Crippen LogP contribution is 2.28. The molecule has 0 bridgehead atoms. The first-order valence-corrected chi connectivity index (χ1v) is 7.51. The van der Waals surface area contributed by atoms with Crippen molar-refractivity contribution in [2.24, 2.45) is 5.10 Å². The summed E-state index contributed by atoms with van der Waals surface area (Å²) in [7, 11) is 0. The second kappa shape index (κ2) is 8.97. The molecule has 1 aromatic heterocycles. The fourth-order valence-corrected chi connectivity index (χ4v) is 1.93. The lowest BCUT2D eigenvalue weighted by molar-refractivity contribution is -0.384. The summed E-state index contributed by atoms with van der Waals surface area (Å²) in [5.74, 6) is -0.430. The van der Waals surface area contributed by atoms with Crippen molar-refractivity contribution in [3.63, 3.8) is 0 Å². The van der Waals surface area contributed by atoms with Crippen molar-refractivity contribution in [3.8, 4) is 11.5 Å². The number of carbonyl (C=O) groups is 1. The highest BCUT2D eigenvalue weighted by atomic mass is 16.6. The molecule has 0 radical (unpaired) electrons. The van der Waals surface area contributed by atoms with Crippen molar-refractivity contribution in [1.29, 1.82) is 0 Å². The Balaban J connectivity index is 2.14. The topological polar surface area (TPSA) is 136 Å². The Morgan fingerprint density at radius 1 is 1.38 bits per heavy atom. The third-order valence-electron chi connectivity index (χ3n) is 2.99. The minimum Gasteiger partial charge on any atom is -0.490 e. The number of anilines is 1. The van der Waals surface area contributed by atoms with E-state index in [0.29, 0.717) is 23.7 Å². The molecule has 0 spiro atoms. The molecule has 136 valence electrons. The molecule has 1 aromatic carbocycles. The molecule has 2 N–H and O–H groups in total. The molecule has 26 heavy (non-hydrogen) atoms. The molecule has 0 saturated carbocycles. The van der Waals surface area contributed by atoms with Crippen LogP contribution in [0, 0.1) is 10.1 Å². The molecule has 2 rings (SSSR count). The van der Waals surface area contributed by atoms with Gasteiger partial charge < -0.3 is 14.6 Å². The fourth-order valence-electron chi connectivity index (χ4n) is 1.93. The number of carboxylic acid groups (broad SMARTS) is 1. The maximum atomic E-state index is 10.9. The van der Waals surface area contributed by atoms with Crippen molar-refractivity contribution >= 4 is 23.7 Å². The van der Waals surface area contributed by atoms with E-state index in [-0.39, 0.29) is 11.5 Å². The molecular formula is C16H16N4O6. The number of hydrazone groups is 1. The van der Waals surface area contributed by atoms with Crippen LogP contribution in [0.4, 0.5) is 11.5 Å². The molecule has 0 amide bonds. The van der Waals surface area contributed by atoms with Gasteiger partial charge in [-0.3, -0.25) is 15.5 Å². The third-order valence-corrected chi connectivity index (χ3v) is 2.99. The van der Waals surface area contributed by atoms with Crippen LogP contribution in [0.2, 0.25) is 0 Å². The van der Waals surface area contributed by atoms with E-state index in [1.54, 1.807) is 25.1 Å². The predicted octanol–water partition coefficient (Wildman–Crippen LogP) is 2.30. The standard InChI is InChI=1S/C16H16N4O6/c1-2-25-14-8-11(5-6-13(14)26-10-15(21)22)9-18-19-16-12(20(23)24)4-3-7-17-16/h3-9H,2,10H2,1H3,(H,17,19)(H,21,22)/b18-9-. The minimum atomic E-state index is -1.10. The van der Waals surface area contributed by atoms with Crippen molar-refractivity contribution in [2.75, 3.05) is 18.6 Å². The monoisotopic (exact) mass is 360 g/mol. The van der Waals surface area contributed by atoms with Crippen LogP contribution < -0.4 is 14.9 Å². The summed E-state index contributed by atoms with van der Waals surface area (Å²) >= 11 is 0. The number of benzene rings is 1. The van der Waals surface area contributed by atoms with E-state index < -0.39 is 17.5 Å². The molecule has 0 unspecified atom stereocenters. The summed E-state index contributed by atoms with van der Waals surface area (Å²) in [6.45, 7) is 1.66. The van der Waals surface area contributed by atoms with Crippen LogP contribution >= 0.6 is 0 Å². The lowest BCUT2D eigenvalue weighted by Gasteiger charge is -2.11. The highest BCUT2D eigenvalue weighted by molar-refractivity contribution is 5.81. The first-order chi connectivity index (χ1) is 12.5. The number of hydrogen-bond donors (Lipinski definition) is 2. The average molecular weight is 360 g/mol. The van der Waals surface area contributed by atoms with Crippen LogP contribution in [0.25, 0.3) is 0 Å². The Morgan fingerprint density at radius 2 is 2.19 bits per heavy atom. The number of rotatable bonds is 9. The van der Waals surface area contributed by atoms with E-state index in [2.05, 4.69) is 15.5 Å². The summed E-state index contributed by atoms with van der Waals surface area (Å²) in [6, 6.07) is 7.57. The summed E-state index contributed by atoms with van der Waals surface area (Å²) < 4.78 is 10.6. The first kappa shape index (κ1) is 18.6. The number of hydrogen-bond acceptors (Lipinski definition) is 8. The fraction of sp³-hybridized carbons (Fsp3) is 0.188. The van der Waals surface area contributed by atoms with Gasteiger partial charge in [0.25, 0.3) is 0 Å². The second-order valence-corrected chi connectivity index (χ2v) is 4.82. The van der Waals surface area contributed by atoms with Crippen molar-refractivity contribution in [3.05, 3.63) is 52.2 Å². The first-order valence-electron chi connectivity index (χ1n) is 7.51. The van der Waals surface area contributed by atoms with E-state index in [9.17, 15) is 14.9 Å². The Morgan fingerprint density at radius 3 is 2.88 bits per heavy atom. The number of nitrogens with one attached hydrogen (secondary N) is 1. The number of ether oxygens (including phenoxy) is 2. The van der Waals surface area contributed by atoms with Gasteiger partial charge in [0, 0.05) is 12.3 Å². The van der Waals surface area contributed by atoms with Gasteiger partial charge >= 0.3 is 11.7 Å². The molecule has 0 aliphatic carbocycles. The van der Waals surface area contributed by atoms with Gasteiger partial charge in [-0.25, -0.2) is 9.78 Å². The van der Waals surface area contributed by atoms with Gasteiger partial charge in [-0.1, -0.05) is 0 Å². The number of carboxylic acids is 1. The lowest BCUT2D eigenvalue weighted by atomic mass is 10.2. The van der Waals surface area contributed by atoms with Gasteiger partial charge in [-0.2, -0.15) is 5.10 Å². The zero-order chi connectivity index (χ0) is 18.9. The SMILES string of the molecule is CCOc1cc(/C=N\Nc2ncccc2[N+](=O)[O-])ccc1OCC(=O)O. The average Bonchev–Trinajstić information content (AvgIpc) is 2.61. The van der Waals surface area contributed by atoms with Gasteiger partial charge in [0.15, 0.2) is 18.1 Å². The lowest BCUT2D eigenvalue weighted by Crippen LogP contribution is -2.10. The Labute approximate surface area is 148 Å². The molecule has 0 aliphatic heterocycles. The van der Waals surface area contributed by atoms with E-state index >= 15 is 0 Å². The molecule has 2 aromatic rings. The smallest absolute Gasteiger partial charge is 0.341 e. The molecule has 0 atom stereocenters. The molecule has 0 fully saturated rings. The zero-order valence-corrected chi connectivity index (χ0v) is 13.8. The van der Waals surface area contributed by atoms with E-state index in [1.165, 1.54) is 24.5 Å². The van der Waals surface area contributed by atoms with Crippen LogP contribution in [-0.4, -0.2) is 40.4 Å². The molecular weight excluding hydrogens is 344 g/mol. The molecule has 1 heterocycles. The quantitative estimate of drug-likeness (QED) is 0.395.